The van der Waals surface area contributed by atoms with Crippen molar-refractivity contribution in [1.82, 2.24) is 9.97 Å². The summed E-state index contributed by atoms with van der Waals surface area (Å²) in [4.78, 5) is 11.0. The van der Waals surface area contributed by atoms with Crippen molar-refractivity contribution in [3.05, 3.63) is 84.7 Å². The number of nitrogens with one attached hydrogen (secondary N) is 1. The van der Waals surface area contributed by atoms with Gasteiger partial charge in [0, 0.05) is 18.5 Å². The molecule has 5 heteroatoms. The lowest BCUT2D eigenvalue weighted by molar-refractivity contribution is 0.979. The van der Waals surface area contributed by atoms with Gasteiger partial charge in [0.25, 0.3) is 0 Å². The lowest BCUT2D eigenvalue weighted by Gasteiger charge is -2.25. The molecule has 0 saturated heterocycles. The minimum Gasteiger partial charge on any atom is -0.393 e. The maximum absolute atomic E-state index is 6.48. The lowest BCUT2D eigenvalue weighted by Crippen LogP contribution is -2.20. The summed E-state index contributed by atoms with van der Waals surface area (Å²) in [6, 6.07) is 24.8. The number of nitrogens with two attached hydrogens (primary N) is 1. The Kier molecular flexibility index (Phi) is 5.06. The summed E-state index contributed by atoms with van der Waals surface area (Å²) < 4.78 is 0. The number of hydrogen-bond donors (Lipinski definition) is 2. The molecule has 0 fully saturated rings. The Morgan fingerprint density at radius 1 is 0.893 bits per heavy atom. The third kappa shape index (κ3) is 3.47. The molecule has 28 heavy (non-hydrogen) atoms. The van der Waals surface area contributed by atoms with E-state index in [9.17, 15) is 0 Å². The lowest BCUT2D eigenvalue weighted by atomic mass is 10.1. The van der Waals surface area contributed by atoms with Crippen LogP contribution in [0.2, 0.25) is 0 Å². The number of anilines is 4. The number of rotatable bonds is 6. The van der Waals surface area contributed by atoms with E-state index in [-0.39, 0.29) is 0 Å². The minimum absolute atomic E-state index is 0.549. The first-order valence-electron chi connectivity index (χ1n) is 9.41. The average Bonchev–Trinajstić information content (AvgIpc) is 2.75. The smallest absolute Gasteiger partial charge is 0.161 e. The molecule has 0 atom stereocenters. The van der Waals surface area contributed by atoms with Gasteiger partial charge in [-0.2, -0.15) is 0 Å². The number of fused-ring (bicyclic) bond motifs is 1. The van der Waals surface area contributed by atoms with Crippen molar-refractivity contribution >= 4 is 33.8 Å². The molecule has 0 aliphatic heterocycles. The standard InChI is InChI=1S/C23H23N5/c1-2-28(20-14-8-12-18-11-6-7-13-19(18)20)23-21(24)22(26-16-27-23)25-15-17-9-4-3-5-10-17/h3-14,16H,2,15,24H2,1H3,(H,25,26,27). The van der Waals surface area contributed by atoms with Crippen LogP contribution < -0.4 is 16.0 Å². The van der Waals surface area contributed by atoms with Crippen molar-refractivity contribution in [2.75, 3.05) is 22.5 Å². The SMILES string of the molecule is CCN(c1ncnc(NCc2ccccc2)c1N)c1cccc2ccccc12. The molecule has 0 bridgehead atoms. The highest BCUT2D eigenvalue weighted by atomic mass is 15.2. The molecule has 3 N–H and O–H groups in total. The van der Waals surface area contributed by atoms with E-state index in [2.05, 4.69) is 75.6 Å². The predicted molar refractivity (Wildman–Crippen MR) is 117 cm³/mol. The molecule has 0 aliphatic rings. The number of benzene rings is 3. The van der Waals surface area contributed by atoms with Crippen LogP contribution in [0.15, 0.2) is 79.1 Å². The second-order valence-corrected chi connectivity index (χ2v) is 6.54. The summed E-state index contributed by atoms with van der Waals surface area (Å²) >= 11 is 0. The van der Waals surface area contributed by atoms with Gasteiger partial charge in [0.15, 0.2) is 11.6 Å². The zero-order chi connectivity index (χ0) is 19.3. The van der Waals surface area contributed by atoms with E-state index in [1.807, 2.05) is 24.3 Å². The highest BCUT2D eigenvalue weighted by Gasteiger charge is 2.17. The largest absolute Gasteiger partial charge is 0.393 e. The fraction of sp³-hybridized carbons (Fsp3) is 0.130. The Balaban J connectivity index is 1.69. The highest BCUT2D eigenvalue weighted by molar-refractivity contribution is 5.97. The van der Waals surface area contributed by atoms with Gasteiger partial charge in [-0.25, -0.2) is 9.97 Å². The van der Waals surface area contributed by atoms with Crippen molar-refractivity contribution < 1.29 is 0 Å². The van der Waals surface area contributed by atoms with Crippen molar-refractivity contribution in [2.24, 2.45) is 0 Å². The summed E-state index contributed by atoms with van der Waals surface area (Å²) in [6.45, 7) is 3.50. The van der Waals surface area contributed by atoms with Crippen LogP contribution in [0.5, 0.6) is 0 Å². The maximum atomic E-state index is 6.48. The third-order valence-electron chi connectivity index (χ3n) is 4.79. The molecule has 0 saturated carbocycles. The molecule has 0 unspecified atom stereocenters. The van der Waals surface area contributed by atoms with Gasteiger partial charge < -0.3 is 16.0 Å². The fourth-order valence-electron chi connectivity index (χ4n) is 3.40. The number of aromatic nitrogens is 2. The third-order valence-corrected chi connectivity index (χ3v) is 4.79. The molecule has 5 nitrogen and oxygen atoms in total. The van der Waals surface area contributed by atoms with Gasteiger partial charge in [0.1, 0.15) is 12.0 Å². The molecule has 4 aromatic rings. The topological polar surface area (TPSA) is 67.1 Å². The van der Waals surface area contributed by atoms with Crippen LogP contribution in [-0.2, 0) is 6.54 Å². The monoisotopic (exact) mass is 369 g/mol. The minimum atomic E-state index is 0.549. The molecule has 4 rings (SSSR count). The molecule has 140 valence electrons. The van der Waals surface area contributed by atoms with Gasteiger partial charge in [0.2, 0.25) is 0 Å². The quantitative estimate of drug-likeness (QED) is 0.502. The molecule has 0 spiro atoms. The van der Waals surface area contributed by atoms with Crippen LogP contribution in [0.4, 0.5) is 23.0 Å². The van der Waals surface area contributed by atoms with Gasteiger partial charge in [-0.3, -0.25) is 0 Å². The second kappa shape index (κ2) is 7.96. The number of nitrogens with zero attached hydrogens (tertiary/aromatic N) is 3. The molecule has 1 heterocycles. The van der Waals surface area contributed by atoms with E-state index in [0.717, 1.165) is 12.2 Å². The van der Waals surface area contributed by atoms with E-state index in [4.69, 9.17) is 5.73 Å². The highest BCUT2D eigenvalue weighted by Crippen LogP contribution is 2.35. The Morgan fingerprint density at radius 2 is 1.64 bits per heavy atom. The Bertz CT molecular complexity index is 1070. The molecule has 0 aliphatic carbocycles. The van der Waals surface area contributed by atoms with E-state index >= 15 is 0 Å². The second-order valence-electron chi connectivity index (χ2n) is 6.54. The summed E-state index contributed by atoms with van der Waals surface area (Å²) in [6.07, 6.45) is 1.56. The summed E-state index contributed by atoms with van der Waals surface area (Å²) in [5, 5.41) is 5.69. The number of hydrogen-bond acceptors (Lipinski definition) is 5. The first-order valence-corrected chi connectivity index (χ1v) is 9.41. The van der Waals surface area contributed by atoms with E-state index in [1.54, 1.807) is 6.33 Å². The Morgan fingerprint density at radius 3 is 2.46 bits per heavy atom. The van der Waals surface area contributed by atoms with Crippen LogP contribution in [0.3, 0.4) is 0 Å². The van der Waals surface area contributed by atoms with Crippen molar-refractivity contribution in [3.8, 4) is 0 Å². The molecular weight excluding hydrogens is 346 g/mol. The van der Waals surface area contributed by atoms with Crippen molar-refractivity contribution in [3.63, 3.8) is 0 Å². The van der Waals surface area contributed by atoms with Gasteiger partial charge in [-0.15, -0.1) is 0 Å². The van der Waals surface area contributed by atoms with Crippen LogP contribution in [0.1, 0.15) is 12.5 Å². The van der Waals surface area contributed by atoms with Crippen molar-refractivity contribution in [1.29, 1.82) is 0 Å². The molecular formula is C23H23N5. The molecule has 3 aromatic carbocycles. The van der Waals surface area contributed by atoms with Crippen LogP contribution in [-0.4, -0.2) is 16.5 Å². The normalized spacial score (nSPS) is 10.8. The van der Waals surface area contributed by atoms with E-state index < -0.39 is 0 Å². The predicted octanol–water partition coefficient (Wildman–Crippen LogP) is 4.98. The number of nitrogen functional groups attached to an aromatic ring is 1. The van der Waals surface area contributed by atoms with E-state index in [0.29, 0.717) is 23.9 Å². The van der Waals surface area contributed by atoms with Gasteiger partial charge in [0.05, 0.1) is 5.69 Å². The zero-order valence-corrected chi connectivity index (χ0v) is 15.8. The summed E-state index contributed by atoms with van der Waals surface area (Å²) in [5.41, 5.74) is 9.28. The summed E-state index contributed by atoms with van der Waals surface area (Å²) in [7, 11) is 0. The Labute approximate surface area is 164 Å². The molecule has 1 aromatic heterocycles. The Hall–Kier alpha value is -3.60. The van der Waals surface area contributed by atoms with Gasteiger partial charge >= 0.3 is 0 Å². The van der Waals surface area contributed by atoms with Gasteiger partial charge in [-0.1, -0.05) is 66.7 Å². The van der Waals surface area contributed by atoms with Gasteiger partial charge in [-0.05, 0) is 23.9 Å². The molecule has 0 amide bonds. The first kappa shape index (κ1) is 17.8. The average molecular weight is 369 g/mol. The first-order chi connectivity index (χ1) is 13.8. The molecule has 0 radical (unpaired) electrons. The zero-order valence-electron chi connectivity index (χ0n) is 15.8. The van der Waals surface area contributed by atoms with Crippen LogP contribution in [0.25, 0.3) is 10.8 Å². The van der Waals surface area contributed by atoms with Crippen LogP contribution >= 0.6 is 0 Å². The van der Waals surface area contributed by atoms with E-state index in [1.165, 1.54) is 16.3 Å². The summed E-state index contributed by atoms with van der Waals surface area (Å²) in [5.74, 6) is 1.36. The fourth-order valence-corrected chi connectivity index (χ4v) is 3.40. The maximum Gasteiger partial charge on any atom is 0.161 e. The van der Waals surface area contributed by atoms with Crippen LogP contribution in [0, 0.1) is 0 Å². The van der Waals surface area contributed by atoms with Crippen molar-refractivity contribution in [2.45, 2.75) is 13.5 Å².